The van der Waals surface area contributed by atoms with Crippen LogP contribution in [0.4, 0.5) is 0 Å². The number of carbonyl (C=O) groups is 1. The lowest BCUT2D eigenvalue weighted by Gasteiger charge is -2.44. The Balaban J connectivity index is 5.36. The van der Waals surface area contributed by atoms with Gasteiger partial charge >= 0.3 is 14.8 Å². The van der Waals surface area contributed by atoms with Gasteiger partial charge in [-0.1, -0.05) is 99.8 Å². The lowest BCUT2D eigenvalue weighted by atomic mass is 10.1. The first kappa shape index (κ1) is 37.7. The van der Waals surface area contributed by atoms with E-state index in [-0.39, 0.29) is 0 Å². The number of carboxylic acid groups (broad SMARTS) is 1. The molecule has 0 aromatic carbocycles. The predicted molar refractivity (Wildman–Crippen MR) is 163 cm³/mol. The molecular weight excluding hydrogens is 514 g/mol. The van der Waals surface area contributed by atoms with Crippen molar-refractivity contribution in [1.82, 2.24) is 4.90 Å². The lowest BCUT2D eigenvalue weighted by Crippen LogP contribution is -2.54. The molecule has 228 valence electrons. The third kappa shape index (κ3) is 12.9. The van der Waals surface area contributed by atoms with Crippen molar-refractivity contribution in [3.05, 3.63) is 0 Å². The van der Waals surface area contributed by atoms with Crippen molar-refractivity contribution < 1.29 is 27.6 Å². The summed E-state index contributed by atoms with van der Waals surface area (Å²) in [6.07, 6.45) is 11.4. The van der Waals surface area contributed by atoms with Gasteiger partial charge in [0.2, 0.25) is 8.32 Å². The molecule has 0 rings (SSSR count). The van der Waals surface area contributed by atoms with Gasteiger partial charge in [0.1, 0.15) is 0 Å². The molecule has 1 N–H and O–H groups in total. The summed E-state index contributed by atoms with van der Waals surface area (Å²) in [6, 6.07) is 0.700. The Bertz CT molecular complexity index is 572. The van der Waals surface area contributed by atoms with Crippen LogP contribution in [0, 0.1) is 0 Å². The average Bonchev–Trinajstić information content (AvgIpc) is 2.87. The van der Waals surface area contributed by atoms with Gasteiger partial charge in [-0.15, -0.1) is 0 Å². The fourth-order valence-electron chi connectivity index (χ4n) is 6.07. The molecule has 1 unspecified atom stereocenters. The van der Waals surface area contributed by atoms with E-state index in [0.717, 1.165) is 25.9 Å². The summed E-state index contributed by atoms with van der Waals surface area (Å²) in [4.78, 5) is 14.8. The van der Waals surface area contributed by atoms with E-state index in [0.29, 0.717) is 29.2 Å². The van der Waals surface area contributed by atoms with Crippen LogP contribution < -0.4 is 0 Å². The molecule has 7 nitrogen and oxygen atoms in total. The predicted octanol–water partition coefficient (Wildman–Crippen LogP) is 7.73. The van der Waals surface area contributed by atoms with Crippen molar-refractivity contribution >= 4 is 23.1 Å². The summed E-state index contributed by atoms with van der Waals surface area (Å²) in [7, 11) is -0.0605. The SMILES string of the molecule is CCCCCCCCCCCN(CCC[Si](OC)(OC)OC)CC(O[Si](C(C)C)(C(C)C)C(C)C)C(=O)O. The zero-order valence-electron chi connectivity index (χ0n) is 26.6. The van der Waals surface area contributed by atoms with Crippen molar-refractivity contribution in [2.24, 2.45) is 0 Å². The molecule has 9 heteroatoms. The van der Waals surface area contributed by atoms with E-state index in [4.69, 9.17) is 17.7 Å². The molecular formula is C29H63NO6Si2. The van der Waals surface area contributed by atoms with Crippen molar-refractivity contribution in [3.8, 4) is 0 Å². The topological polar surface area (TPSA) is 77.5 Å². The summed E-state index contributed by atoms with van der Waals surface area (Å²) in [5, 5.41) is 10.2. The molecule has 0 saturated carbocycles. The van der Waals surface area contributed by atoms with E-state index < -0.39 is 29.2 Å². The average molecular weight is 578 g/mol. The van der Waals surface area contributed by atoms with Gasteiger partial charge < -0.3 is 27.7 Å². The summed E-state index contributed by atoms with van der Waals surface area (Å²) < 4.78 is 23.6. The van der Waals surface area contributed by atoms with Crippen molar-refractivity contribution in [3.63, 3.8) is 0 Å². The number of hydrogen-bond donors (Lipinski definition) is 1. The minimum atomic E-state index is -2.66. The van der Waals surface area contributed by atoms with Gasteiger partial charge in [0, 0.05) is 33.9 Å². The Morgan fingerprint density at radius 2 is 1.13 bits per heavy atom. The van der Waals surface area contributed by atoms with Crippen molar-refractivity contribution in [1.29, 1.82) is 0 Å². The molecule has 0 fully saturated rings. The summed E-state index contributed by atoms with van der Waals surface area (Å²) in [5.74, 6) is -0.852. The summed E-state index contributed by atoms with van der Waals surface area (Å²) >= 11 is 0. The summed E-state index contributed by atoms with van der Waals surface area (Å²) in [5.41, 5.74) is 1.02. The molecule has 0 bridgehead atoms. The highest BCUT2D eigenvalue weighted by molar-refractivity contribution is 6.77. The van der Waals surface area contributed by atoms with Crippen LogP contribution in [0.1, 0.15) is 113 Å². The van der Waals surface area contributed by atoms with Crippen LogP contribution in [0.3, 0.4) is 0 Å². The molecule has 0 amide bonds. The van der Waals surface area contributed by atoms with Gasteiger partial charge in [0.05, 0.1) is 0 Å². The number of unbranched alkanes of at least 4 members (excludes halogenated alkanes) is 8. The number of rotatable bonds is 25. The van der Waals surface area contributed by atoms with E-state index >= 15 is 0 Å². The quantitative estimate of drug-likeness (QED) is 0.0878. The minimum absolute atomic E-state index is 0.340. The maximum Gasteiger partial charge on any atom is 0.500 e. The first-order valence-electron chi connectivity index (χ1n) is 15.2. The fourth-order valence-corrected chi connectivity index (χ4v) is 13.3. The highest BCUT2D eigenvalue weighted by atomic mass is 28.4. The molecule has 0 aliphatic carbocycles. The maximum absolute atomic E-state index is 12.5. The van der Waals surface area contributed by atoms with Crippen LogP contribution in [-0.4, -0.2) is 80.2 Å². The van der Waals surface area contributed by atoms with Gasteiger partial charge in [-0.3, -0.25) is 0 Å². The van der Waals surface area contributed by atoms with E-state index in [1.165, 1.54) is 51.4 Å². The van der Waals surface area contributed by atoms with Gasteiger partial charge in [0.25, 0.3) is 0 Å². The normalized spacial score (nSPS) is 13.8. The largest absolute Gasteiger partial charge is 0.500 e. The smallest absolute Gasteiger partial charge is 0.479 e. The molecule has 0 aromatic heterocycles. The van der Waals surface area contributed by atoms with Crippen LogP contribution >= 0.6 is 0 Å². The van der Waals surface area contributed by atoms with Crippen molar-refractivity contribution in [2.45, 2.75) is 141 Å². The van der Waals surface area contributed by atoms with Crippen LogP contribution in [0.15, 0.2) is 0 Å². The maximum atomic E-state index is 12.5. The zero-order valence-corrected chi connectivity index (χ0v) is 28.6. The van der Waals surface area contributed by atoms with E-state index in [1.807, 2.05) is 0 Å². The molecule has 38 heavy (non-hydrogen) atoms. The van der Waals surface area contributed by atoms with Gasteiger partial charge in [-0.05, 0) is 42.6 Å². The fraction of sp³-hybridized carbons (Fsp3) is 0.966. The van der Waals surface area contributed by atoms with Crippen LogP contribution in [0.2, 0.25) is 22.7 Å². The molecule has 0 heterocycles. The molecule has 0 aromatic rings. The summed E-state index contributed by atoms with van der Waals surface area (Å²) in [6.45, 7) is 17.5. The number of carboxylic acids is 1. The first-order chi connectivity index (χ1) is 18.0. The highest BCUT2D eigenvalue weighted by Gasteiger charge is 2.48. The number of hydrogen-bond acceptors (Lipinski definition) is 6. The van der Waals surface area contributed by atoms with Gasteiger partial charge in [0.15, 0.2) is 6.10 Å². The van der Waals surface area contributed by atoms with E-state index in [2.05, 4.69) is 53.4 Å². The number of aliphatic carboxylic acids is 1. The minimum Gasteiger partial charge on any atom is -0.479 e. The Morgan fingerprint density at radius 1 is 0.711 bits per heavy atom. The second kappa shape index (κ2) is 20.6. The van der Waals surface area contributed by atoms with Crippen LogP contribution in [0.5, 0.6) is 0 Å². The molecule has 0 radical (unpaired) electrons. The van der Waals surface area contributed by atoms with E-state index in [9.17, 15) is 9.90 Å². The lowest BCUT2D eigenvalue weighted by molar-refractivity contribution is -0.146. The molecule has 0 aliphatic rings. The Kier molecular flexibility index (Phi) is 20.4. The molecule has 0 spiro atoms. The Labute approximate surface area is 237 Å². The monoisotopic (exact) mass is 577 g/mol. The standard InChI is InChI=1S/C29H63NO6Si2/c1-11-12-13-14-15-16-17-18-19-21-30(22-20-23-37(33-8,34-9)35-10)24-28(29(31)32)36-38(25(2)3,26(4)5)27(6)7/h25-28H,11-24H2,1-10H3,(H,31,32). The first-order valence-corrected chi connectivity index (χ1v) is 19.3. The van der Waals surface area contributed by atoms with Crippen LogP contribution in [0.25, 0.3) is 0 Å². The third-order valence-corrected chi connectivity index (χ3v) is 17.2. The highest BCUT2D eigenvalue weighted by Crippen LogP contribution is 2.43. The van der Waals surface area contributed by atoms with Crippen LogP contribution in [-0.2, 0) is 22.5 Å². The van der Waals surface area contributed by atoms with Crippen molar-refractivity contribution in [2.75, 3.05) is 41.0 Å². The number of nitrogens with zero attached hydrogens (tertiary/aromatic N) is 1. The van der Waals surface area contributed by atoms with Gasteiger partial charge in [-0.2, -0.15) is 0 Å². The molecule has 0 aliphatic heterocycles. The van der Waals surface area contributed by atoms with Gasteiger partial charge in [-0.25, -0.2) is 4.79 Å². The molecule has 0 saturated heterocycles. The van der Waals surface area contributed by atoms with E-state index in [1.54, 1.807) is 21.3 Å². The molecule has 1 atom stereocenters. The third-order valence-electron chi connectivity index (χ3n) is 8.22. The Hall–Kier alpha value is -0.296. The zero-order chi connectivity index (χ0) is 29.2. The Morgan fingerprint density at radius 3 is 1.53 bits per heavy atom. The second-order valence-electron chi connectivity index (χ2n) is 11.8. The second-order valence-corrected chi connectivity index (χ2v) is 20.3.